The third-order valence-corrected chi connectivity index (χ3v) is 3.00. The fraction of sp³-hybridized carbons (Fsp3) is 0.250. The second-order valence-electron chi connectivity index (χ2n) is 4.75. The highest BCUT2D eigenvalue weighted by atomic mass is 15.1. The van der Waals surface area contributed by atoms with Gasteiger partial charge >= 0.3 is 0 Å². The van der Waals surface area contributed by atoms with Crippen LogP contribution in [0.15, 0.2) is 36.9 Å². The summed E-state index contributed by atoms with van der Waals surface area (Å²) in [5.41, 5.74) is 3.49. The smallest absolute Gasteiger partial charge is 0.136 e. The molecule has 0 aliphatic carbocycles. The molecule has 0 spiro atoms. The highest BCUT2D eigenvalue weighted by Gasteiger charge is 2.05. The predicted octanol–water partition coefficient (Wildman–Crippen LogP) is 3.74. The molecule has 0 bridgehead atoms. The van der Waals surface area contributed by atoms with Gasteiger partial charge in [-0.15, -0.1) is 6.58 Å². The Morgan fingerprint density at radius 3 is 2.40 bits per heavy atom. The molecule has 1 heterocycles. The standard InChI is InChI=1S/C16H20N4/c1-5-9-17-14-10-15(19-13(4)18-14)20-16-11(2)7-6-8-12(16)3/h5-8,10H,1,9H2,2-4H3,(H2,17,18,19,20). The molecule has 2 N–H and O–H groups in total. The van der Waals surface area contributed by atoms with Crippen LogP contribution in [0.5, 0.6) is 0 Å². The van der Waals surface area contributed by atoms with Crippen molar-refractivity contribution in [1.29, 1.82) is 0 Å². The Bertz CT molecular complexity index is 600. The molecule has 4 heteroatoms. The molecule has 0 saturated heterocycles. The molecule has 0 unspecified atom stereocenters. The minimum absolute atomic E-state index is 0.680. The Morgan fingerprint density at radius 2 is 1.75 bits per heavy atom. The molecule has 0 fully saturated rings. The van der Waals surface area contributed by atoms with Crippen LogP contribution >= 0.6 is 0 Å². The first-order chi connectivity index (χ1) is 9.60. The van der Waals surface area contributed by atoms with Crippen LogP contribution in [0.4, 0.5) is 17.3 Å². The monoisotopic (exact) mass is 268 g/mol. The normalized spacial score (nSPS) is 10.2. The summed E-state index contributed by atoms with van der Waals surface area (Å²) in [6, 6.07) is 8.13. The summed E-state index contributed by atoms with van der Waals surface area (Å²) in [4.78, 5) is 8.78. The maximum atomic E-state index is 4.43. The number of aromatic nitrogens is 2. The topological polar surface area (TPSA) is 49.8 Å². The van der Waals surface area contributed by atoms with E-state index in [4.69, 9.17) is 0 Å². The van der Waals surface area contributed by atoms with Gasteiger partial charge in [-0.25, -0.2) is 9.97 Å². The van der Waals surface area contributed by atoms with Gasteiger partial charge in [0.2, 0.25) is 0 Å². The van der Waals surface area contributed by atoms with Crippen molar-refractivity contribution in [3.05, 3.63) is 53.9 Å². The molecule has 1 aromatic heterocycles. The van der Waals surface area contributed by atoms with Crippen LogP contribution in [-0.2, 0) is 0 Å². The van der Waals surface area contributed by atoms with Gasteiger partial charge in [0.05, 0.1) is 0 Å². The average Bonchev–Trinajstić information content (AvgIpc) is 2.40. The first kappa shape index (κ1) is 14.1. The lowest BCUT2D eigenvalue weighted by atomic mass is 10.1. The lowest BCUT2D eigenvalue weighted by Crippen LogP contribution is -2.05. The number of hydrogen-bond acceptors (Lipinski definition) is 4. The van der Waals surface area contributed by atoms with Gasteiger partial charge in [0.15, 0.2) is 0 Å². The Kier molecular flexibility index (Phi) is 4.35. The van der Waals surface area contributed by atoms with Crippen molar-refractivity contribution < 1.29 is 0 Å². The molecular weight excluding hydrogens is 248 g/mol. The highest BCUT2D eigenvalue weighted by Crippen LogP contribution is 2.24. The number of nitrogens with zero attached hydrogens (tertiary/aromatic N) is 2. The van der Waals surface area contributed by atoms with E-state index in [2.05, 4.69) is 59.2 Å². The molecule has 0 radical (unpaired) electrons. The molecule has 20 heavy (non-hydrogen) atoms. The van der Waals surface area contributed by atoms with Crippen LogP contribution in [0.2, 0.25) is 0 Å². The second-order valence-corrected chi connectivity index (χ2v) is 4.75. The molecule has 0 saturated carbocycles. The lowest BCUT2D eigenvalue weighted by Gasteiger charge is -2.13. The van der Waals surface area contributed by atoms with Gasteiger partial charge in [-0.1, -0.05) is 24.3 Å². The number of rotatable bonds is 5. The molecule has 104 valence electrons. The molecular formula is C16H20N4. The van der Waals surface area contributed by atoms with Gasteiger partial charge in [0, 0.05) is 18.3 Å². The first-order valence-corrected chi connectivity index (χ1v) is 6.64. The summed E-state index contributed by atoms with van der Waals surface area (Å²) in [6.45, 7) is 10.4. The van der Waals surface area contributed by atoms with Crippen LogP contribution in [0, 0.1) is 20.8 Å². The van der Waals surface area contributed by atoms with Gasteiger partial charge in [-0.3, -0.25) is 0 Å². The zero-order valence-electron chi connectivity index (χ0n) is 12.2. The minimum atomic E-state index is 0.680. The summed E-state index contributed by atoms with van der Waals surface area (Å²) in [5.74, 6) is 2.32. The van der Waals surface area contributed by atoms with Gasteiger partial charge in [-0.05, 0) is 31.9 Å². The van der Waals surface area contributed by atoms with Crippen LogP contribution in [0.3, 0.4) is 0 Å². The fourth-order valence-electron chi connectivity index (χ4n) is 2.04. The molecule has 1 aromatic carbocycles. The van der Waals surface area contributed by atoms with E-state index in [1.807, 2.05) is 13.0 Å². The van der Waals surface area contributed by atoms with E-state index < -0.39 is 0 Å². The summed E-state index contributed by atoms with van der Waals surface area (Å²) < 4.78 is 0. The quantitative estimate of drug-likeness (QED) is 0.811. The number of hydrogen-bond donors (Lipinski definition) is 2. The third kappa shape index (κ3) is 3.35. The maximum absolute atomic E-state index is 4.43. The van der Waals surface area contributed by atoms with Crippen LogP contribution in [0.25, 0.3) is 0 Å². The predicted molar refractivity (Wildman–Crippen MR) is 84.7 cm³/mol. The fourth-order valence-corrected chi connectivity index (χ4v) is 2.04. The van der Waals surface area contributed by atoms with E-state index in [-0.39, 0.29) is 0 Å². The zero-order chi connectivity index (χ0) is 14.5. The maximum Gasteiger partial charge on any atom is 0.136 e. The largest absolute Gasteiger partial charge is 0.366 e. The molecule has 2 rings (SSSR count). The van der Waals surface area contributed by atoms with E-state index >= 15 is 0 Å². The number of nitrogens with one attached hydrogen (secondary N) is 2. The Labute approximate surface area is 120 Å². The van der Waals surface area contributed by atoms with Gasteiger partial charge < -0.3 is 10.6 Å². The van der Waals surface area contributed by atoms with Crippen molar-refractivity contribution in [3.8, 4) is 0 Å². The molecule has 0 aliphatic heterocycles. The summed E-state index contributed by atoms with van der Waals surface area (Å²) in [6.07, 6.45) is 1.80. The van der Waals surface area contributed by atoms with Crippen LogP contribution < -0.4 is 10.6 Å². The van der Waals surface area contributed by atoms with E-state index in [0.717, 1.165) is 23.1 Å². The van der Waals surface area contributed by atoms with Gasteiger partial charge in [0.25, 0.3) is 0 Å². The van der Waals surface area contributed by atoms with Crippen molar-refractivity contribution in [3.63, 3.8) is 0 Å². The molecule has 0 atom stereocenters. The van der Waals surface area contributed by atoms with Crippen LogP contribution in [-0.4, -0.2) is 16.5 Å². The van der Waals surface area contributed by atoms with E-state index in [1.54, 1.807) is 6.08 Å². The SMILES string of the molecule is C=CCNc1cc(Nc2c(C)cccc2C)nc(C)n1. The summed E-state index contributed by atoms with van der Waals surface area (Å²) >= 11 is 0. The zero-order valence-corrected chi connectivity index (χ0v) is 12.2. The Hall–Kier alpha value is -2.36. The number of aryl methyl sites for hydroxylation is 3. The van der Waals surface area contributed by atoms with Crippen molar-refractivity contribution >= 4 is 17.3 Å². The van der Waals surface area contributed by atoms with E-state index in [0.29, 0.717) is 6.54 Å². The van der Waals surface area contributed by atoms with Crippen molar-refractivity contribution in [2.75, 3.05) is 17.2 Å². The number of benzene rings is 1. The number of para-hydroxylation sites is 1. The highest BCUT2D eigenvalue weighted by molar-refractivity contribution is 5.65. The molecule has 0 amide bonds. The number of anilines is 3. The summed E-state index contributed by atoms with van der Waals surface area (Å²) in [7, 11) is 0. The van der Waals surface area contributed by atoms with Gasteiger partial charge in [-0.2, -0.15) is 0 Å². The average molecular weight is 268 g/mol. The third-order valence-electron chi connectivity index (χ3n) is 3.00. The van der Waals surface area contributed by atoms with Gasteiger partial charge in [0.1, 0.15) is 17.5 Å². The summed E-state index contributed by atoms with van der Waals surface area (Å²) in [5, 5.41) is 6.56. The Balaban J connectivity index is 2.29. The van der Waals surface area contributed by atoms with E-state index in [9.17, 15) is 0 Å². The van der Waals surface area contributed by atoms with E-state index in [1.165, 1.54) is 11.1 Å². The second kappa shape index (κ2) is 6.19. The van der Waals surface area contributed by atoms with Crippen molar-refractivity contribution in [2.24, 2.45) is 0 Å². The Morgan fingerprint density at radius 1 is 1.10 bits per heavy atom. The molecule has 4 nitrogen and oxygen atoms in total. The first-order valence-electron chi connectivity index (χ1n) is 6.64. The lowest BCUT2D eigenvalue weighted by molar-refractivity contribution is 1.05. The van der Waals surface area contributed by atoms with Crippen molar-refractivity contribution in [1.82, 2.24) is 9.97 Å². The molecule has 0 aliphatic rings. The van der Waals surface area contributed by atoms with Crippen molar-refractivity contribution in [2.45, 2.75) is 20.8 Å². The minimum Gasteiger partial charge on any atom is -0.366 e. The van der Waals surface area contributed by atoms with Crippen LogP contribution in [0.1, 0.15) is 17.0 Å². The molecule has 2 aromatic rings.